The number of amides is 1. The van der Waals surface area contributed by atoms with Gasteiger partial charge >= 0.3 is 0 Å². The highest BCUT2D eigenvalue weighted by atomic mass is 16.5. The van der Waals surface area contributed by atoms with E-state index in [0.29, 0.717) is 22.7 Å². The van der Waals surface area contributed by atoms with Crippen LogP contribution in [0.3, 0.4) is 0 Å². The largest absolute Gasteiger partial charge is 0.507 e. The first kappa shape index (κ1) is 19.4. The Hall–Kier alpha value is -3.93. The number of aliphatic hydroxyl groups is 1. The second kappa shape index (κ2) is 7.83. The molecule has 0 aliphatic carbocycles. The fourth-order valence-electron chi connectivity index (χ4n) is 3.60. The van der Waals surface area contributed by atoms with E-state index in [1.54, 1.807) is 61.8 Å². The van der Waals surface area contributed by atoms with Gasteiger partial charge in [0.15, 0.2) is 0 Å². The van der Waals surface area contributed by atoms with E-state index < -0.39 is 17.7 Å². The molecule has 6 heteroatoms. The number of carbonyl (C=O) groups is 2. The summed E-state index contributed by atoms with van der Waals surface area (Å²) in [5.41, 5.74) is 2.43. The molecular formula is C24H20N2O4. The Labute approximate surface area is 174 Å². The lowest BCUT2D eigenvalue weighted by Crippen LogP contribution is -2.29. The van der Waals surface area contributed by atoms with E-state index in [1.807, 2.05) is 25.1 Å². The Morgan fingerprint density at radius 1 is 1.03 bits per heavy atom. The molecule has 4 rings (SSSR count). The van der Waals surface area contributed by atoms with Gasteiger partial charge in [-0.2, -0.15) is 0 Å². The van der Waals surface area contributed by atoms with Crippen LogP contribution in [0.2, 0.25) is 0 Å². The number of hydrogen-bond acceptors (Lipinski definition) is 5. The van der Waals surface area contributed by atoms with Crippen LogP contribution in [-0.2, 0) is 9.59 Å². The third kappa shape index (κ3) is 3.33. The fraction of sp³-hybridized carbons (Fsp3) is 0.125. The molecule has 150 valence electrons. The molecule has 1 aliphatic heterocycles. The van der Waals surface area contributed by atoms with Gasteiger partial charge in [-0.3, -0.25) is 19.5 Å². The van der Waals surface area contributed by atoms with Crippen molar-refractivity contribution in [3.63, 3.8) is 0 Å². The zero-order valence-corrected chi connectivity index (χ0v) is 16.6. The molecular weight excluding hydrogens is 380 g/mol. The maximum absolute atomic E-state index is 13.0. The van der Waals surface area contributed by atoms with E-state index in [0.717, 1.165) is 5.56 Å². The number of hydrogen-bond donors (Lipinski definition) is 1. The quantitative estimate of drug-likeness (QED) is 0.406. The highest BCUT2D eigenvalue weighted by molar-refractivity contribution is 6.51. The molecule has 1 fully saturated rings. The van der Waals surface area contributed by atoms with E-state index in [4.69, 9.17) is 4.74 Å². The maximum Gasteiger partial charge on any atom is 0.300 e. The summed E-state index contributed by atoms with van der Waals surface area (Å²) in [5.74, 6) is -1.08. The average Bonchev–Trinajstić information content (AvgIpc) is 3.04. The van der Waals surface area contributed by atoms with Gasteiger partial charge < -0.3 is 9.84 Å². The Morgan fingerprint density at radius 3 is 2.43 bits per heavy atom. The minimum atomic E-state index is -0.838. The zero-order valence-electron chi connectivity index (χ0n) is 16.6. The highest BCUT2D eigenvalue weighted by Crippen LogP contribution is 2.41. The molecule has 1 N–H and O–H groups in total. The number of aliphatic hydroxyl groups excluding tert-OH is 1. The number of aryl methyl sites for hydroxylation is 1. The van der Waals surface area contributed by atoms with Crippen molar-refractivity contribution in [3.05, 3.63) is 95.3 Å². The van der Waals surface area contributed by atoms with Crippen molar-refractivity contribution in [1.82, 2.24) is 4.98 Å². The zero-order chi connectivity index (χ0) is 21.3. The molecule has 0 spiro atoms. The van der Waals surface area contributed by atoms with Crippen molar-refractivity contribution >= 4 is 23.1 Å². The summed E-state index contributed by atoms with van der Waals surface area (Å²) in [4.78, 5) is 31.8. The number of pyridine rings is 1. The number of ketones is 1. The Balaban J connectivity index is 1.92. The number of methoxy groups -OCH3 is 1. The molecule has 30 heavy (non-hydrogen) atoms. The molecule has 1 aromatic heterocycles. The van der Waals surface area contributed by atoms with Crippen molar-refractivity contribution in [3.8, 4) is 5.75 Å². The fourth-order valence-corrected chi connectivity index (χ4v) is 3.60. The van der Waals surface area contributed by atoms with Crippen LogP contribution in [0.4, 0.5) is 5.69 Å². The smallest absolute Gasteiger partial charge is 0.300 e. The Morgan fingerprint density at radius 2 is 1.80 bits per heavy atom. The molecule has 0 bridgehead atoms. The first-order valence-corrected chi connectivity index (χ1v) is 9.44. The minimum Gasteiger partial charge on any atom is -0.507 e. The first-order valence-electron chi connectivity index (χ1n) is 9.44. The van der Waals surface area contributed by atoms with Crippen molar-refractivity contribution in [1.29, 1.82) is 0 Å². The van der Waals surface area contributed by atoms with Gasteiger partial charge in [0.1, 0.15) is 17.6 Å². The monoisotopic (exact) mass is 400 g/mol. The third-order valence-electron chi connectivity index (χ3n) is 5.06. The van der Waals surface area contributed by atoms with Gasteiger partial charge in [-0.15, -0.1) is 0 Å². The van der Waals surface area contributed by atoms with Crippen LogP contribution in [0.5, 0.6) is 5.75 Å². The van der Waals surface area contributed by atoms with Gasteiger partial charge in [-0.05, 0) is 61.0 Å². The number of ether oxygens (including phenoxy) is 1. The normalized spacial score (nSPS) is 17.9. The number of aromatic nitrogens is 1. The van der Waals surface area contributed by atoms with Gasteiger partial charge in [0.25, 0.3) is 11.7 Å². The third-order valence-corrected chi connectivity index (χ3v) is 5.06. The standard InChI is InChI=1S/C24H20N2O4/c1-15-6-5-7-17(14-15)26-21(19-8-3-4-13-25-19)20(23(28)24(26)29)22(27)16-9-11-18(30-2)12-10-16/h3-14,21,27H,1-2H3/b22-20+. The number of rotatable bonds is 4. The Bertz CT molecular complexity index is 1140. The van der Waals surface area contributed by atoms with Gasteiger partial charge in [0.05, 0.1) is 18.4 Å². The van der Waals surface area contributed by atoms with Crippen LogP contribution in [0.1, 0.15) is 22.9 Å². The lowest BCUT2D eigenvalue weighted by Gasteiger charge is -2.24. The highest BCUT2D eigenvalue weighted by Gasteiger charge is 2.47. The van der Waals surface area contributed by atoms with Crippen LogP contribution < -0.4 is 9.64 Å². The lowest BCUT2D eigenvalue weighted by atomic mass is 9.98. The number of carbonyl (C=O) groups excluding carboxylic acids is 2. The molecule has 1 saturated heterocycles. The molecule has 1 unspecified atom stereocenters. The summed E-state index contributed by atoms with van der Waals surface area (Å²) in [6.07, 6.45) is 1.60. The van der Waals surface area contributed by atoms with Crippen LogP contribution >= 0.6 is 0 Å². The SMILES string of the molecule is COc1ccc(/C(O)=C2\C(=O)C(=O)N(c3cccc(C)c3)C2c2ccccn2)cc1. The van der Waals surface area contributed by atoms with E-state index in [2.05, 4.69) is 4.98 Å². The Kier molecular flexibility index (Phi) is 5.06. The molecule has 0 radical (unpaired) electrons. The number of anilines is 1. The first-order chi connectivity index (χ1) is 14.5. The second-order valence-electron chi connectivity index (χ2n) is 6.99. The molecule has 1 atom stereocenters. The van der Waals surface area contributed by atoms with E-state index in [9.17, 15) is 14.7 Å². The molecule has 2 heterocycles. The lowest BCUT2D eigenvalue weighted by molar-refractivity contribution is -0.132. The van der Waals surface area contributed by atoms with E-state index in [-0.39, 0.29) is 11.3 Å². The van der Waals surface area contributed by atoms with Crippen molar-refractivity contribution < 1.29 is 19.4 Å². The van der Waals surface area contributed by atoms with Gasteiger partial charge in [0.2, 0.25) is 0 Å². The predicted octanol–water partition coefficient (Wildman–Crippen LogP) is 4.02. The summed E-state index contributed by atoms with van der Waals surface area (Å²) in [6, 6.07) is 18.4. The summed E-state index contributed by atoms with van der Waals surface area (Å²) in [6.45, 7) is 1.91. The summed E-state index contributed by atoms with van der Waals surface area (Å²) in [7, 11) is 1.54. The molecule has 1 amide bonds. The maximum atomic E-state index is 13.0. The van der Waals surface area contributed by atoms with Crippen molar-refractivity contribution in [2.45, 2.75) is 13.0 Å². The van der Waals surface area contributed by atoms with Gasteiger partial charge in [0, 0.05) is 17.4 Å². The van der Waals surface area contributed by atoms with Crippen LogP contribution in [0.25, 0.3) is 5.76 Å². The van der Waals surface area contributed by atoms with Gasteiger partial charge in [-0.1, -0.05) is 18.2 Å². The minimum absolute atomic E-state index is 0.00497. The summed E-state index contributed by atoms with van der Waals surface area (Å²) in [5, 5.41) is 11.0. The van der Waals surface area contributed by atoms with E-state index in [1.165, 1.54) is 4.90 Å². The summed E-state index contributed by atoms with van der Waals surface area (Å²) >= 11 is 0. The summed E-state index contributed by atoms with van der Waals surface area (Å²) < 4.78 is 5.15. The van der Waals surface area contributed by atoms with E-state index >= 15 is 0 Å². The number of nitrogens with zero attached hydrogens (tertiary/aromatic N) is 2. The van der Waals surface area contributed by atoms with Crippen molar-refractivity contribution in [2.75, 3.05) is 12.0 Å². The second-order valence-corrected chi connectivity index (χ2v) is 6.99. The van der Waals surface area contributed by atoms with Gasteiger partial charge in [-0.25, -0.2) is 0 Å². The number of benzene rings is 2. The molecule has 0 saturated carbocycles. The van der Waals surface area contributed by atoms with Crippen LogP contribution in [0.15, 0.2) is 78.5 Å². The van der Waals surface area contributed by atoms with Crippen molar-refractivity contribution in [2.24, 2.45) is 0 Å². The average molecular weight is 400 g/mol. The molecule has 6 nitrogen and oxygen atoms in total. The van der Waals surface area contributed by atoms with Crippen LogP contribution in [-0.4, -0.2) is 28.9 Å². The molecule has 1 aliphatic rings. The molecule has 2 aromatic carbocycles. The number of Topliss-reactive ketones (excluding diaryl/α,β-unsaturated/α-hetero) is 1. The molecule has 3 aromatic rings. The predicted molar refractivity (Wildman–Crippen MR) is 113 cm³/mol. The van der Waals surface area contributed by atoms with Crippen LogP contribution in [0, 0.1) is 6.92 Å². The topological polar surface area (TPSA) is 79.7 Å².